The molecule has 0 bridgehead atoms. The van der Waals surface area contributed by atoms with E-state index in [1.807, 2.05) is 31.2 Å². The van der Waals surface area contributed by atoms with E-state index in [1.54, 1.807) is 6.07 Å². The third kappa shape index (κ3) is 4.45. The molecule has 2 rings (SSSR count). The Morgan fingerprint density at radius 1 is 1.05 bits per heavy atom. The first-order chi connectivity index (χ1) is 10.5. The molecule has 118 valence electrons. The smallest absolute Gasteiger partial charge is 0.142 e. The minimum atomic E-state index is 0.528. The Bertz CT molecular complexity index is 659. The van der Waals surface area contributed by atoms with Crippen LogP contribution in [0.2, 0.25) is 15.1 Å². The number of anilines is 1. The molecule has 2 nitrogen and oxygen atoms in total. The molecular weight excluding hydrogens is 341 g/mol. The molecule has 0 atom stereocenters. The molecule has 0 aliphatic carbocycles. The summed E-state index contributed by atoms with van der Waals surface area (Å²) in [5.74, 6) is 0.681. The third-order valence-electron chi connectivity index (χ3n) is 3.20. The van der Waals surface area contributed by atoms with Crippen molar-refractivity contribution in [1.29, 1.82) is 0 Å². The highest BCUT2D eigenvalue weighted by atomic mass is 35.5. The van der Waals surface area contributed by atoms with Gasteiger partial charge in [0.05, 0.1) is 11.6 Å². The first kappa shape index (κ1) is 17.3. The van der Waals surface area contributed by atoms with Gasteiger partial charge in [0.25, 0.3) is 0 Å². The zero-order chi connectivity index (χ0) is 16.1. The van der Waals surface area contributed by atoms with Crippen molar-refractivity contribution in [3.05, 3.63) is 56.5 Å². The Morgan fingerprint density at radius 3 is 2.55 bits per heavy atom. The molecule has 2 aromatic carbocycles. The second-order valence-electron chi connectivity index (χ2n) is 5.04. The number of hydrogen-bond acceptors (Lipinski definition) is 2. The average molecular weight is 359 g/mol. The Hall–Kier alpha value is -1.09. The zero-order valence-electron chi connectivity index (χ0n) is 12.6. The molecule has 0 amide bonds. The van der Waals surface area contributed by atoms with Gasteiger partial charge < -0.3 is 10.1 Å². The predicted octanol–water partition coefficient (Wildman–Crippen LogP) is 6.36. The molecule has 2 aromatic rings. The topological polar surface area (TPSA) is 21.3 Å². The van der Waals surface area contributed by atoms with E-state index in [0.29, 0.717) is 34.0 Å². The van der Waals surface area contributed by atoms with E-state index in [-0.39, 0.29) is 0 Å². The lowest BCUT2D eigenvalue weighted by atomic mass is 10.1. The van der Waals surface area contributed by atoms with Gasteiger partial charge in [-0.25, -0.2) is 0 Å². The summed E-state index contributed by atoms with van der Waals surface area (Å²) in [5.41, 5.74) is 3.02. The molecule has 0 spiro atoms. The molecule has 0 aliphatic heterocycles. The van der Waals surface area contributed by atoms with Crippen LogP contribution in [-0.4, -0.2) is 6.61 Å². The van der Waals surface area contributed by atoms with Crippen molar-refractivity contribution in [3.63, 3.8) is 0 Å². The highest BCUT2D eigenvalue weighted by Crippen LogP contribution is 2.33. The van der Waals surface area contributed by atoms with Crippen molar-refractivity contribution < 1.29 is 4.74 Å². The minimum Gasteiger partial charge on any atom is -0.492 e. The van der Waals surface area contributed by atoms with E-state index in [1.165, 1.54) is 0 Å². The van der Waals surface area contributed by atoms with Gasteiger partial charge in [-0.05, 0) is 43.2 Å². The fourth-order valence-corrected chi connectivity index (χ4v) is 2.85. The number of nitrogens with one attached hydrogen (secondary N) is 1. The van der Waals surface area contributed by atoms with E-state index in [4.69, 9.17) is 39.5 Å². The first-order valence-electron chi connectivity index (χ1n) is 7.12. The SMILES string of the molecule is CCCOc1c(Cl)cc(Cl)cc1CNc1cc(Cl)ccc1C. The molecule has 5 heteroatoms. The summed E-state index contributed by atoms with van der Waals surface area (Å²) in [6.07, 6.45) is 0.916. The summed E-state index contributed by atoms with van der Waals surface area (Å²) < 4.78 is 5.76. The van der Waals surface area contributed by atoms with Crippen molar-refractivity contribution in [2.75, 3.05) is 11.9 Å². The van der Waals surface area contributed by atoms with Gasteiger partial charge in [-0.1, -0.05) is 47.8 Å². The fourth-order valence-electron chi connectivity index (χ4n) is 2.09. The van der Waals surface area contributed by atoms with E-state index >= 15 is 0 Å². The Labute approximate surface area is 146 Å². The summed E-state index contributed by atoms with van der Waals surface area (Å²) >= 11 is 18.4. The van der Waals surface area contributed by atoms with Crippen molar-refractivity contribution in [3.8, 4) is 5.75 Å². The predicted molar refractivity (Wildman–Crippen MR) is 95.8 cm³/mol. The molecule has 0 aliphatic rings. The molecule has 0 fully saturated rings. The summed E-state index contributed by atoms with van der Waals surface area (Å²) in [6.45, 7) is 5.25. The molecule has 0 unspecified atom stereocenters. The number of ether oxygens (including phenoxy) is 1. The lowest BCUT2D eigenvalue weighted by Gasteiger charge is -2.15. The normalized spacial score (nSPS) is 10.6. The van der Waals surface area contributed by atoms with Gasteiger partial charge in [-0.3, -0.25) is 0 Å². The largest absolute Gasteiger partial charge is 0.492 e. The molecule has 0 radical (unpaired) electrons. The zero-order valence-corrected chi connectivity index (χ0v) is 14.8. The quantitative estimate of drug-likeness (QED) is 0.649. The molecule has 1 N–H and O–H groups in total. The number of hydrogen-bond donors (Lipinski definition) is 1. The van der Waals surface area contributed by atoms with Crippen LogP contribution in [0, 0.1) is 6.92 Å². The minimum absolute atomic E-state index is 0.528. The van der Waals surface area contributed by atoms with Gasteiger partial charge in [0.1, 0.15) is 5.75 Å². The second-order valence-corrected chi connectivity index (χ2v) is 6.32. The van der Waals surface area contributed by atoms with Gasteiger partial charge in [-0.15, -0.1) is 0 Å². The average Bonchev–Trinajstić information content (AvgIpc) is 2.47. The monoisotopic (exact) mass is 357 g/mol. The van der Waals surface area contributed by atoms with Gasteiger partial charge in [0.15, 0.2) is 0 Å². The standard InChI is InChI=1S/C17H18Cl3NO/c1-3-6-22-17-12(7-14(19)8-15(17)20)10-21-16-9-13(18)5-4-11(16)2/h4-5,7-9,21H,3,6,10H2,1-2H3. The van der Waals surface area contributed by atoms with Gasteiger partial charge in [0, 0.05) is 27.8 Å². The fraction of sp³-hybridized carbons (Fsp3) is 0.294. The Balaban J connectivity index is 2.22. The van der Waals surface area contributed by atoms with Crippen LogP contribution in [0.3, 0.4) is 0 Å². The van der Waals surface area contributed by atoms with E-state index in [2.05, 4.69) is 12.2 Å². The highest BCUT2D eigenvalue weighted by Gasteiger charge is 2.11. The molecular formula is C17H18Cl3NO. The van der Waals surface area contributed by atoms with E-state index in [9.17, 15) is 0 Å². The van der Waals surface area contributed by atoms with Crippen LogP contribution >= 0.6 is 34.8 Å². The lowest BCUT2D eigenvalue weighted by molar-refractivity contribution is 0.314. The van der Waals surface area contributed by atoms with Gasteiger partial charge in [0.2, 0.25) is 0 Å². The molecule has 22 heavy (non-hydrogen) atoms. The lowest BCUT2D eigenvalue weighted by Crippen LogP contribution is -2.05. The van der Waals surface area contributed by atoms with E-state index in [0.717, 1.165) is 23.2 Å². The van der Waals surface area contributed by atoms with Crippen LogP contribution in [0.1, 0.15) is 24.5 Å². The van der Waals surface area contributed by atoms with Crippen LogP contribution < -0.4 is 10.1 Å². The van der Waals surface area contributed by atoms with E-state index < -0.39 is 0 Å². The van der Waals surface area contributed by atoms with Gasteiger partial charge >= 0.3 is 0 Å². The molecule has 0 heterocycles. The number of aryl methyl sites for hydroxylation is 1. The number of benzene rings is 2. The Morgan fingerprint density at radius 2 is 1.82 bits per heavy atom. The maximum absolute atomic E-state index is 6.25. The summed E-state index contributed by atoms with van der Waals surface area (Å²) in [6, 6.07) is 9.31. The number of rotatable bonds is 6. The molecule has 0 saturated carbocycles. The Kier molecular flexibility index (Phi) is 6.25. The van der Waals surface area contributed by atoms with Crippen molar-refractivity contribution in [2.45, 2.75) is 26.8 Å². The molecule has 0 aromatic heterocycles. The molecule has 0 saturated heterocycles. The van der Waals surface area contributed by atoms with Crippen LogP contribution in [0.15, 0.2) is 30.3 Å². The van der Waals surface area contributed by atoms with Gasteiger partial charge in [-0.2, -0.15) is 0 Å². The first-order valence-corrected chi connectivity index (χ1v) is 8.25. The highest BCUT2D eigenvalue weighted by molar-refractivity contribution is 6.35. The number of halogens is 3. The van der Waals surface area contributed by atoms with Crippen molar-refractivity contribution in [1.82, 2.24) is 0 Å². The maximum Gasteiger partial charge on any atom is 0.142 e. The maximum atomic E-state index is 6.25. The third-order valence-corrected chi connectivity index (χ3v) is 3.94. The van der Waals surface area contributed by atoms with Crippen LogP contribution in [0.5, 0.6) is 5.75 Å². The van der Waals surface area contributed by atoms with Crippen LogP contribution in [0.25, 0.3) is 0 Å². The summed E-state index contributed by atoms with van der Waals surface area (Å²) in [5, 5.41) is 5.17. The van der Waals surface area contributed by atoms with Crippen molar-refractivity contribution >= 4 is 40.5 Å². The van der Waals surface area contributed by atoms with Crippen LogP contribution in [-0.2, 0) is 6.54 Å². The van der Waals surface area contributed by atoms with Crippen molar-refractivity contribution in [2.24, 2.45) is 0 Å². The summed E-state index contributed by atoms with van der Waals surface area (Å²) in [7, 11) is 0. The summed E-state index contributed by atoms with van der Waals surface area (Å²) in [4.78, 5) is 0. The second kappa shape index (κ2) is 7.96. The van der Waals surface area contributed by atoms with Crippen LogP contribution in [0.4, 0.5) is 5.69 Å².